The van der Waals surface area contributed by atoms with Crippen LogP contribution in [0.1, 0.15) is 25.0 Å². The topological polar surface area (TPSA) is 33.3 Å². The molecule has 1 aromatic rings. The van der Waals surface area contributed by atoms with Crippen molar-refractivity contribution in [1.82, 2.24) is 10.6 Å². The highest BCUT2D eigenvalue weighted by molar-refractivity contribution is 5.37. The van der Waals surface area contributed by atoms with Gasteiger partial charge in [-0.2, -0.15) is 0 Å². The third-order valence-corrected chi connectivity index (χ3v) is 2.43. The lowest BCUT2D eigenvalue weighted by Crippen LogP contribution is -2.15. The summed E-state index contributed by atoms with van der Waals surface area (Å²) < 4.78 is 5.58. The molecule has 16 heavy (non-hydrogen) atoms. The van der Waals surface area contributed by atoms with E-state index in [2.05, 4.69) is 22.8 Å². The smallest absolute Gasteiger partial charge is 0.119 e. The van der Waals surface area contributed by atoms with Crippen molar-refractivity contribution in [3.63, 3.8) is 0 Å². The third kappa shape index (κ3) is 3.51. The second-order valence-electron chi connectivity index (χ2n) is 3.49. The standard InChI is InChI=1S/C11H16N2O.C2H6/c1-12-4-5-14-11-3-2-9-7-13-8-10(9)6-11;1-2/h2-3,6,12-13H,4-5,7-8H2,1H3;1-2H3. The molecule has 2 rings (SSSR count). The Morgan fingerprint density at radius 3 is 2.75 bits per heavy atom. The summed E-state index contributed by atoms with van der Waals surface area (Å²) in [5.41, 5.74) is 2.76. The number of likely N-dealkylation sites (N-methyl/N-ethyl adjacent to an activating group) is 1. The van der Waals surface area contributed by atoms with Crippen molar-refractivity contribution in [2.45, 2.75) is 26.9 Å². The van der Waals surface area contributed by atoms with Crippen molar-refractivity contribution in [2.75, 3.05) is 20.2 Å². The van der Waals surface area contributed by atoms with Crippen LogP contribution in [0.15, 0.2) is 18.2 Å². The van der Waals surface area contributed by atoms with Crippen LogP contribution in [0, 0.1) is 0 Å². The van der Waals surface area contributed by atoms with Gasteiger partial charge in [0.25, 0.3) is 0 Å². The van der Waals surface area contributed by atoms with Crippen LogP contribution in [0.5, 0.6) is 5.75 Å². The Balaban J connectivity index is 0.000000606. The van der Waals surface area contributed by atoms with E-state index in [0.717, 1.165) is 32.0 Å². The molecule has 2 N–H and O–H groups in total. The summed E-state index contributed by atoms with van der Waals surface area (Å²) in [7, 11) is 1.93. The molecule has 1 aliphatic heterocycles. The summed E-state index contributed by atoms with van der Waals surface area (Å²) in [4.78, 5) is 0. The van der Waals surface area contributed by atoms with E-state index in [-0.39, 0.29) is 0 Å². The van der Waals surface area contributed by atoms with E-state index >= 15 is 0 Å². The molecule has 0 aliphatic carbocycles. The largest absolute Gasteiger partial charge is 0.492 e. The first kappa shape index (κ1) is 13.0. The highest BCUT2D eigenvalue weighted by Gasteiger charge is 2.09. The van der Waals surface area contributed by atoms with Gasteiger partial charge in [-0.3, -0.25) is 0 Å². The molecular weight excluding hydrogens is 200 g/mol. The first-order valence-corrected chi connectivity index (χ1v) is 6.00. The maximum Gasteiger partial charge on any atom is 0.119 e. The summed E-state index contributed by atoms with van der Waals surface area (Å²) in [5.74, 6) is 0.975. The minimum atomic E-state index is 0.725. The molecule has 0 fully saturated rings. The summed E-state index contributed by atoms with van der Waals surface area (Å²) in [6, 6.07) is 6.32. The Hall–Kier alpha value is -1.06. The van der Waals surface area contributed by atoms with Crippen molar-refractivity contribution in [3.8, 4) is 5.75 Å². The van der Waals surface area contributed by atoms with Gasteiger partial charge in [0.1, 0.15) is 12.4 Å². The van der Waals surface area contributed by atoms with E-state index in [9.17, 15) is 0 Å². The van der Waals surface area contributed by atoms with Crippen LogP contribution in [0.2, 0.25) is 0 Å². The molecule has 0 saturated carbocycles. The van der Waals surface area contributed by atoms with Crippen molar-refractivity contribution in [2.24, 2.45) is 0 Å². The molecule has 0 saturated heterocycles. The molecule has 0 unspecified atom stereocenters. The number of benzene rings is 1. The van der Waals surface area contributed by atoms with E-state index in [1.54, 1.807) is 0 Å². The number of ether oxygens (including phenoxy) is 1. The van der Waals surface area contributed by atoms with Crippen LogP contribution in [-0.4, -0.2) is 20.2 Å². The normalized spacial score (nSPS) is 12.7. The van der Waals surface area contributed by atoms with Crippen LogP contribution in [0.25, 0.3) is 0 Å². The van der Waals surface area contributed by atoms with Gasteiger partial charge >= 0.3 is 0 Å². The zero-order chi connectivity index (χ0) is 11.8. The molecule has 3 heteroatoms. The second kappa shape index (κ2) is 7.25. The van der Waals surface area contributed by atoms with Crippen LogP contribution in [-0.2, 0) is 13.1 Å². The van der Waals surface area contributed by atoms with Crippen molar-refractivity contribution in [3.05, 3.63) is 29.3 Å². The van der Waals surface area contributed by atoms with Crippen molar-refractivity contribution in [1.29, 1.82) is 0 Å². The fourth-order valence-corrected chi connectivity index (χ4v) is 1.63. The van der Waals surface area contributed by atoms with Gasteiger partial charge in [0.2, 0.25) is 0 Å². The summed E-state index contributed by atoms with van der Waals surface area (Å²) >= 11 is 0. The van der Waals surface area contributed by atoms with Gasteiger partial charge in [0.05, 0.1) is 0 Å². The average molecular weight is 222 g/mol. The molecule has 0 aromatic heterocycles. The first-order chi connectivity index (χ1) is 7.90. The molecular formula is C13H22N2O. The number of rotatable bonds is 4. The molecule has 0 radical (unpaired) electrons. The van der Waals surface area contributed by atoms with Crippen LogP contribution < -0.4 is 15.4 Å². The highest BCUT2D eigenvalue weighted by Crippen LogP contribution is 2.21. The van der Waals surface area contributed by atoms with Crippen LogP contribution in [0.4, 0.5) is 0 Å². The fourth-order valence-electron chi connectivity index (χ4n) is 1.63. The molecule has 0 bridgehead atoms. The van der Waals surface area contributed by atoms with E-state index in [1.807, 2.05) is 27.0 Å². The molecule has 1 aromatic carbocycles. The molecule has 3 nitrogen and oxygen atoms in total. The van der Waals surface area contributed by atoms with Crippen LogP contribution >= 0.6 is 0 Å². The highest BCUT2D eigenvalue weighted by atomic mass is 16.5. The lowest BCUT2D eigenvalue weighted by Gasteiger charge is -2.07. The van der Waals surface area contributed by atoms with E-state index in [1.165, 1.54) is 11.1 Å². The minimum Gasteiger partial charge on any atom is -0.492 e. The van der Waals surface area contributed by atoms with Gasteiger partial charge in [-0.15, -0.1) is 0 Å². The van der Waals surface area contributed by atoms with Crippen LogP contribution in [0.3, 0.4) is 0 Å². The van der Waals surface area contributed by atoms with E-state index < -0.39 is 0 Å². The third-order valence-electron chi connectivity index (χ3n) is 2.43. The quantitative estimate of drug-likeness (QED) is 0.764. The molecule has 0 amide bonds. The van der Waals surface area contributed by atoms with Gasteiger partial charge in [-0.05, 0) is 30.3 Å². The van der Waals surface area contributed by atoms with Crippen molar-refractivity contribution >= 4 is 0 Å². The monoisotopic (exact) mass is 222 g/mol. The molecule has 0 spiro atoms. The number of hydrogen-bond donors (Lipinski definition) is 2. The molecule has 1 heterocycles. The number of fused-ring (bicyclic) bond motifs is 1. The molecule has 0 atom stereocenters. The fraction of sp³-hybridized carbons (Fsp3) is 0.538. The lowest BCUT2D eigenvalue weighted by molar-refractivity contribution is 0.318. The van der Waals surface area contributed by atoms with Gasteiger partial charge in [0, 0.05) is 19.6 Å². The Labute approximate surface area is 98.2 Å². The maximum atomic E-state index is 5.58. The number of nitrogens with one attached hydrogen (secondary N) is 2. The van der Waals surface area contributed by atoms with Crippen molar-refractivity contribution < 1.29 is 4.74 Å². The minimum absolute atomic E-state index is 0.725. The van der Waals surface area contributed by atoms with E-state index in [0.29, 0.717) is 0 Å². The van der Waals surface area contributed by atoms with Gasteiger partial charge in [0.15, 0.2) is 0 Å². The van der Waals surface area contributed by atoms with Gasteiger partial charge in [-0.1, -0.05) is 19.9 Å². The zero-order valence-corrected chi connectivity index (χ0v) is 10.5. The number of hydrogen-bond acceptors (Lipinski definition) is 3. The van der Waals surface area contributed by atoms with Gasteiger partial charge in [-0.25, -0.2) is 0 Å². The zero-order valence-electron chi connectivity index (χ0n) is 10.5. The first-order valence-electron chi connectivity index (χ1n) is 6.00. The molecule has 90 valence electrons. The predicted octanol–water partition coefficient (Wildman–Crippen LogP) is 1.91. The second-order valence-corrected chi connectivity index (χ2v) is 3.49. The molecule has 1 aliphatic rings. The Morgan fingerprint density at radius 1 is 1.25 bits per heavy atom. The average Bonchev–Trinajstić information content (AvgIpc) is 2.79. The Kier molecular flexibility index (Phi) is 5.90. The maximum absolute atomic E-state index is 5.58. The van der Waals surface area contributed by atoms with E-state index in [4.69, 9.17) is 4.74 Å². The summed E-state index contributed by atoms with van der Waals surface area (Å²) in [6.07, 6.45) is 0. The Morgan fingerprint density at radius 2 is 2.00 bits per heavy atom. The summed E-state index contributed by atoms with van der Waals surface area (Å²) in [6.45, 7) is 7.57. The SMILES string of the molecule is CC.CNCCOc1ccc2c(c1)CNC2. The summed E-state index contributed by atoms with van der Waals surface area (Å²) in [5, 5.41) is 6.37. The Bertz CT molecular complexity index is 313. The van der Waals surface area contributed by atoms with Gasteiger partial charge < -0.3 is 15.4 Å². The predicted molar refractivity (Wildman–Crippen MR) is 67.8 cm³/mol. The lowest BCUT2D eigenvalue weighted by atomic mass is 10.1.